The highest BCUT2D eigenvalue weighted by Crippen LogP contribution is 2.29. The van der Waals surface area contributed by atoms with Gasteiger partial charge < -0.3 is 35.6 Å². The van der Waals surface area contributed by atoms with Crippen LogP contribution in [0.2, 0.25) is 0 Å². The number of nitrogens with zero attached hydrogens (tertiary/aromatic N) is 5. The first-order valence-corrected chi connectivity index (χ1v) is 13.7. The molecule has 1 aromatic heterocycles. The van der Waals surface area contributed by atoms with Gasteiger partial charge in [0, 0.05) is 57.3 Å². The van der Waals surface area contributed by atoms with Gasteiger partial charge in [0.15, 0.2) is 0 Å². The molecule has 2 heterocycles. The number of carbonyl (C=O) groups is 2. The Kier molecular flexibility index (Phi) is 11.8. The summed E-state index contributed by atoms with van der Waals surface area (Å²) in [5.74, 6) is -1.81. The summed E-state index contributed by atoms with van der Waals surface area (Å²) < 4.78 is 73.7. The fraction of sp³-hybridized carbons (Fsp3) is 0.577. The standard InChI is InChI=1S/C24H33F3N8O2.C2HF3O2/c1-28-21-31-22(33-23(32-21)35-13-11-34(2)12-14-35)30-18-9-7-16(8-10-18)20(36)29-15-17-5-3-4-6-19(17)37-24(25,26)27;3-2(4,5)1(6)7/h3-6,16,18H,7-15H2,1-2H3,(H,29,36)(H2,28,30,31,32,33);(H,6,7). The van der Waals surface area contributed by atoms with Crippen molar-refractivity contribution in [3.8, 4) is 5.75 Å². The van der Waals surface area contributed by atoms with Gasteiger partial charge in [0.05, 0.1) is 0 Å². The van der Waals surface area contributed by atoms with Gasteiger partial charge in [-0.3, -0.25) is 4.79 Å². The van der Waals surface area contributed by atoms with E-state index in [1.807, 2.05) is 0 Å². The smallest absolute Gasteiger partial charge is 0.475 e. The van der Waals surface area contributed by atoms with Crippen LogP contribution in [-0.4, -0.2) is 95.7 Å². The SMILES string of the molecule is CNc1nc(NC2CCC(C(=O)NCc3ccccc3OC(F)(F)F)CC2)nc(N2CCN(C)CC2)n1.O=C(O)C(F)(F)F. The van der Waals surface area contributed by atoms with Gasteiger partial charge in [-0.1, -0.05) is 18.2 Å². The predicted octanol–water partition coefficient (Wildman–Crippen LogP) is 3.48. The van der Waals surface area contributed by atoms with E-state index in [-0.39, 0.29) is 35.7 Å². The Balaban J connectivity index is 0.000000676. The summed E-state index contributed by atoms with van der Waals surface area (Å²) >= 11 is 0. The number of carboxylic acids is 1. The van der Waals surface area contributed by atoms with Crippen molar-refractivity contribution in [1.82, 2.24) is 25.2 Å². The molecule has 18 heteroatoms. The van der Waals surface area contributed by atoms with Crippen molar-refractivity contribution in [2.45, 2.75) is 50.8 Å². The fourth-order valence-electron chi connectivity index (χ4n) is 4.57. The quantitative estimate of drug-likeness (QED) is 0.316. The van der Waals surface area contributed by atoms with E-state index in [1.54, 1.807) is 13.1 Å². The molecule has 1 aromatic carbocycles. The molecule has 0 bridgehead atoms. The molecule has 2 aromatic rings. The first-order chi connectivity index (χ1) is 20.6. The summed E-state index contributed by atoms with van der Waals surface area (Å²) in [5, 5.41) is 16.3. The topological polar surface area (TPSA) is 145 Å². The fourth-order valence-corrected chi connectivity index (χ4v) is 4.57. The monoisotopic (exact) mass is 636 g/mol. The number of aliphatic carboxylic acids is 1. The van der Waals surface area contributed by atoms with Crippen molar-refractivity contribution in [2.75, 3.05) is 55.8 Å². The number of carbonyl (C=O) groups excluding carboxylic acids is 1. The van der Waals surface area contributed by atoms with Crippen LogP contribution in [0.3, 0.4) is 0 Å². The van der Waals surface area contributed by atoms with Crippen molar-refractivity contribution < 1.29 is 45.8 Å². The van der Waals surface area contributed by atoms with E-state index >= 15 is 0 Å². The van der Waals surface area contributed by atoms with E-state index in [0.29, 0.717) is 30.7 Å². The molecule has 44 heavy (non-hydrogen) atoms. The Hall–Kier alpha value is -4.09. The Labute approximate surface area is 249 Å². The molecule has 2 fully saturated rings. The van der Waals surface area contributed by atoms with Crippen LogP contribution in [0.4, 0.5) is 44.2 Å². The molecule has 244 valence electrons. The van der Waals surface area contributed by atoms with Crippen LogP contribution in [0.25, 0.3) is 0 Å². The molecule has 1 saturated heterocycles. The largest absolute Gasteiger partial charge is 0.573 e. The molecule has 2 aliphatic rings. The lowest BCUT2D eigenvalue weighted by atomic mass is 9.85. The number of carboxylic acid groups (broad SMARTS) is 1. The number of benzene rings is 1. The van der Waals surface area contributed by atoms with Gasteiger partial charge in [-0.25, -0.2) is 4.79 Å². The Morgan fingerprint density at radius 2 is 1.55 bits per heavy atom. The zero-order chi connectivity index (χ0) is 32.5. The summed E-state index contributed by atoms with van der Waals surface area (Å²) in [6.45, 7) is 3.54. The Morgan fingerprint density at radius 1 is 0.955 bits per heavy atom. The second-order valence-corrected chi connectivity index (χ2v) is 10.2. The van der Waals surface area contributed by atoms with Gasteiger partial charge in [-0.05, 0) is 38.8 Å². The summed E-state index contributed by atoms with van der Waals surface area (Å²) in [6.07, 6.45) is -7.07. The number of nitrogens with one attached hydrogen (secondary N) is 3. The lowest BCUT2D eigenvalue weighted by molar-refractivity contribution is -0.274. The number of hydrogen-bond acceptors (Lipinski definition) is 10. The van der Waals surface area contributed by atoms with E-state index in [4.69, 9.17) is 9.90 Å². The molecule has 0 radical (unpaired) electrons. The van der Waals surface area contributed by atoms with Gasteiger partial charge in [-0.15, -0.1) is 13.2 Å². The van der Waals surface area contributed by atoms with E-state index < -0.39 is 18.5 Å². The predicted molar refractivity (Wildman–Crippen MR) is 147 cm³/mol. The number of amides is 1. The molecule has 12 nitrogen and oxygen atoms in total. The van der Waals surface area contributed by atoms with Crippen LogP contribution in [0.5, 0.6) is 5.75 Å². The van der Waals surface area contributed by atoms with Crippen molar-refractivity contribution in [3.05, 3.63) is 29.8 Å². The number of hydrogen-bond donors (Lipinski definition) is 4. The van der Waals surface area contributed by atoms with Crippen LogP contribution in [0.15, 0.2) is 24.3 Å². The summed E-state index contributed by atoms with van der Waals surface area (Å²) in [5.41, 5.74) is 0.273. The van der Waals surface area contributed by atoms with Crippen molar-refractivity contribution in [1.29, 1.82) is 0 Å². The molecule has 4 N–H and O–H groups in total. The second kappa shape index (κ2) is 15.1. The van der Waals surface area contributed by atoms with Crippen LogP contribution in [0, 0.1) is 5.92 Å². The van der Waals surface area contributed by atoms with Crippen LogP contribution in [-0.2, 0) is 16.1 Å². The Bertz CT molecular complexity index is 1250. The van der Waals surface area contributed by atoms with Gasteiger partial charge in [-0.2, -0.15) is 28.1 Å². The number of aromatic nitrogens is 3. The summed E-state index contributed by atoms with van der Waals surface area (Å²) in [7, 11) is 3.86. The molecule has 0 spiro atoms. The van der Waals surface area contributed by atoms with E-state index in [9.17, 15) is 31.1 Å². The number of rotatable bonds is 8. The zero-order valence-electron chi connectivity index (χ0n) is 24.0. The average molecular weight is 637 g/mol. The average Bonchev–Trinajstić information content (AvgIpc) is 2.96. The van der Waals surface area contributed by atoms with Crippen molar-refractivity contribution >= 4 is 29.7 Å². The number of ether oxygens (including phenoxy) is 1. The van der Waals surface area contributed by atoms with Crippen LogP contribution >= 0.6 is 0 Å². The maximum Gasteiger partial charge on any atom is 0.573 e. The highest BCUT2D eigenvalue weighted by molar-refractivity contribution is 5.78. The first-order valence-electron chi connectivity index (χ1n) is 13.7. The van der Waals surface area contributed by atoms with Crippen molar-refractivity contribution in [3.63, 3.8) is 0 Å². The van der Waals surface area contributed by atoms with E-state index in [0.717, 1.165) is 39.0 Å². The van der Waals surface area contributed by atoms with E-state index in [2.05, 4.69) is 52.5 Å². The lowest BCUT2D eigenvalue weighted by Gasteiger charge is -2.33. The normalized spacial score (nSPS) is 19.3. The molecule has 1 aliphatic heterocycles. The van der Waals surface area contributed by atoms with Gasteiger partial charge >= 0.3 is 18.5 Å². The third-order valence-corrected chi connectivity index (χ3v) is 6.96. The highest BCUT2D eigenvalue weighted by atomic mass is 19.4. The minimum absolute atomic E-state index is 0.0318. The summed E-state index contributed by atoms with van der Waals surface area (Å²) in [4.78, 5) is 39.6. The maximum absolute atomic E-state index is 12.7. The van der Waals surface area contributed by atoms with E-state index in [1.165, 1.54) is 18.2 Å². The molecule has 1 aliphatic carbocycles. The molecule has 0 unspecified atom stereocenters. The molecule has 0 atom stereocenters. The lowest BCUT2D eigenvalue weighted by Crippen LogP contribution is -2.45. The number of piperazine rings is 1. The number of likely N-dealkylation sites (N-methyl/N-ethyl adjacent to an activating group) is 1. The zero-order valence-corrected chi connectivity index (χ0v) is 24.0. The Morgan fingerprint density at radius 3 is 2.11 bits per heavy atom. The highest BCUT2D eigenvalue weighted by Gasteiger charge is 2.38. The minimum Gasteiger partial charge on any atom is -0.475 e. The van der Waals surface area contributed by atoms with Gasteiger partial charge in [0.25, 0.3) is 0 Å². The number of anilines is 3. The second-order valence-electron chi connectivity index (χ2n) is 10.2. The van der Waals surface area contributed by atoms with Crippen molar-refractivity contribution in [2.24, 2.45) is 5.92 Å². The van der Waals surface area contributed by atoms with Gasteiger partial charge in [0.2, 0.25) is 23.8 Å². The molecule has 4 rings (SSSR count). The number of para-hydroxylation sites is 1. The third kappa shape index (κ3) is 10.9. The third-order valence-electron chi connectivity index (χ3n) is 6.96. The molecular weight excluding hydrogens is 602 g/mol. The molecule has 1 saturated carbocycles. The molecular formula is C26H34F6N8O4. The molecule has 1 amide bonds. The summed E-state index contributed by atoms with van der Waals surface area (Å²) in [6, 6.07) is 5.92. The first kappa shape index (κ1) is 34.4. The van der Waals surface area contributed by atoms with Crippen LogP contribution < -0.4 is 25.6 Å². The number of halogens is 6. The van der Waals surface area contributed by atoms with Crippen LogP contribution in [0.1, 0.15) is 31.2 Å². The number of alkyl halides is 6. The minimum atomic E-state index is -5.08. The maximum atomic E-state index is 12.7. The van der Waals surface area contributed by atoms with Gasteiger partial charge in [0.1, 0.15) is 5.75 Å².